The Morgan fingerprint density at radius 1 is 1.45 bits per heavy atom. The molecule has 0 aliphatic carbocycles. The van der Waals surface area contributed by atoms with Crippen LogP contribution < -0.4 is 5.73 Å². The molecule has 0 aromatic rings. The van der Waals surface area contributed by atoms with Crippen LogP contribution in [0.15, 0.2) is 24.3 Å². The Morgan fingerprint density at radius 3 is 1.64 bits per heavy atom. The summed E-state index contributed by atoms with van der Waals surface area (Å²) in [7, 11) is 0. The van der Waals surface area contributed by atoms with Gasteiger partial charge in [-0.2, -0.15) is 5.26 Å². The van der Waals surface area contributed by atoms with E-state index in [1.807, 2.05) is 6.07 Å². The smallest absolute Gasteiger partial charge is 0.243 e. The molecule has 0 radical (unpaired) electrons. The van der Waals surface area contributed by atoms with Crippen LogP contribution in [0.1, 0.15) is 13.8 Å². The summed E-state index contributed by atoms with van der Waals surface area (Å²) in [4.78, 5) is 9.82. The Balaban J connectivity index is 0. The Morgan fingerprint density at radius 2 is 1.64 bits per heavy atom. The third-order valence-corrected chi connectivity index (χ3v) is 0.611. The van der Waals surface area contributed by atoms with E-state index in [-0.39, 0.29) is 0 Å². The van der Waals surface area contributed by atoms with Crippen molar-refractivity contribution in [2.75, 3.05) is 0 Å². The minimum absolute atomic E-state index is 0.398. The van der Waals surface area contributed by atoms with Crippen molar-refractivity contribution in [1.82, 2.24) is 0 Å². The van der Waals surface area contributed by atoms with Crippen molar-refractivity contribution in [3.63, 3.8) is 0 Å². The largest absolute Gasteiger partial charge is 0.366 e. The van der Waals surface area contributed by atoms with Crippen LogP contribution in [0.2, 0.25) is 0 Å². The van der Waals surface area contributed by atoms with E-state index in [0.29, 0.717) is 11.1 Å². The third kappa shape index (κ3) is 17.8. The maximum absolute atomic E-state index is 9.82. The quantitative estimate of drug-likeness (QED) is 0.452. The van der Waals surface area contributed by atoms with Gasteiger partial charge in [0.15, 0.2) is 0 Å². The average molecular weight is 152 g/mol. The average Bonchev–Trinajstić information content (AvgIpc) is 1.89. The van der Waals surface area contributed by atoms with E-state index in [1.54, 1.807) is 13.8 Å². The van der Waals surface area contributed by atoms with Gasteiger partial charge < -0.3 is 5.73 Å². The molecule has 0 rings (SSSR count). The first kappa shape index (κ1) is 12.1. The second kappa shape index (κ2) is 6.56. The van der Waals surface area contributed by atoms with Gasteiger partial charge >= 0.3 is 0 Å². The van der Waals surface area contributed by atoms with Gasteiger partial charge in [-0.25, -0.2) is 0 Å². The molecule has 0 aromatic carbocycles. The Labute approximate surface area is 66.8 Å². The summed E-state index contributed by atoms with van der Waals surface area (Å²) >= 11 is 0. The molecule has 0 bridgehead atoms. The van der Waals surface area contributed by atoms with Gasteiger partial charge in [0.05, 0.1) is 6.07 Å². The van der Waals surface area contributed by atoms with Crippen LogP contribution in [0.25, 0.3) is 0 Å². The molecule has 0 aliphatic heterocycles. The fourth-order valence-electron chi connectivity index (χ4n) is 0. The third-order valence-electron chi connectivity index (χ3n) is 0.611. The molecule has 0 unspecified atom stereocenters. The highest BCUT2D eigenvalue weighted by Crippen LogP contribution is 1.78. The fourth-order valence-corrected chi connectivity index (χ4v) is 0. The molecule has 0 atom stereocenters. The van der Waals surface area contributed by atoms with E-state index >= 15 is 0 Å². The summed E-state index contributed by atoms with van der Waals surface area (Å²) in [5.74, 6) is -0.435. The minimum atomic E-state index is -0.435. The number of allylic oxidation sites excluding steroid dienone is 1. The lowest BCUT2D eigenvalue weighted by molar-refractivity contribution is -0.114. The van der Waals surface area contributed by atoms with Gasteiger partial charge in [-0.3, -0.25) is 4.79 Å². The number of amides is 1. The number of hydrogen-bond acceptors (Lipinski definition) is 2. The first-order chi connectivity index (χ1) is 4.91. The Hall–Kier alpha value is -1.56. The number of primary amides is 1. The number of nitriles is 1. The van der Waals surface area contributed by atoms with Gasteiger partial charge in [-0.05, 0) is 13.8 Å². The van der Waals surface area contributed by atoms with E-state index < -0.39 is 5.91 Å². The van der Waals surface area contributed by atoms with Gasteiger partial charge in [0, 0.05) is 11.1 Å². The molecule has 0 spiro atoms. The lowest BCUT2D eigenvalue weighted by Crippen LogP contribution is -2.10. The first-order valence-corrected chi connectivity index (χ1v) is 2.92. The van der Waals surface area contributed by atoms with Gasteiger partial charge in [0.25, 0.3) is 0 Å². The number of hydrogen-bond donors (Lipinski definition) is 1. The molecular weight excluding hydrogens is 140 g/mol. The number of rotatable bonds is 1. The number of nitrogens with two attached hydrogens (primary N) is 1. The maximum atomic E-state index is 9.82. The number of carbonyl (C=O) groups is 1. The summed E-state index contributed by atoms with van der Waals surface area (Å²) < 4.78 is 0. The lowest BCUT2D eigenvalue weighted by Gasteiger charge is -1.81. The predicted molar refractivity (Wildman–Crippen MR) is 44.4 cm³/mol. The zero-order valence-corrected chi connectivity index (χ0v) is 6.85. The zero-order chi connectivity index (χ0) is 9.44. The van der Waals surface area contributed by atoms with Gasteiger partial charge in [-0.15, -0.1) is 0 Å². The molecule has 0 saturated carbocycles. The lowest BCUT2D eigenvalue weighted by atomic mass is 10.3. The summed E-state index contributed by atoms with van der Waals surface area (Å²) in [5, 5.41) is 7.79. The van der Waals surface area contributed by atoms with Crippen LogP contribution in [0.4, 0.5) is 0 Å². The van der Waals surface area contributed by atoms with E-state index in [0.717, 1.165) is 0 Å². The van der Waals surface area contributed by atoms with E-state index in [2.05, 4.69) is 13.2 Å². The molecule has 60 valence electrons. The molecule has 3 nitrogen and oxygen atoms in total. The van der Waals surface area contributed by atoms with Crippen molar-refractivity contribution in [2.24, 2.45) is 5.73 Å². The summed E-state index contributed by atoms with van der Waals surface area (Å²) in [6.45, 7) is 9.83. The van der Waals surface area contributed by atoms with Crippen LogP contribution in [0.3, 0.4) is 0 Å². The SMILES string of the molecule is C=C(C)C#N.C=C(C)C(N)=O. The Bertz CT molecular complexity index is 199. The molecular formula is C8H12N2O. The van der Waals surface area contributed by atoms with Crippen molar-refractivity contribution in [2.45, 2.75) is 13.8 Å². The van der Waals surface area contributed by atoms with Crippen molar-refractivity contribution in [3.8, 4) is 6.07 Å². The minimum Gasteiger partial charge on any atom is -0.366 e. The van der Waals surface area contributed by atoms with Crippen molar-refractivity contribution >= 4 is 5.91 Å². The van der Waals surface area contributed by atoms with E-state index in [1.165, 1.54) is 0 Å². The van der Waals surface area contributed by atoms with E-state index in [9.17, 15) is 4.79 Å². The normalized spacial score (nSPS) is 6.64. The van der Waals surface area contributed by atoms with Gasteiger partial charge in [-0.1, -0.05) is 13.2 Å². The molecule has 1 amide bonds. The second-order valence-corrected chi connectivity index (χ2v) is 2.04. The fraction of sp³-hybridized carbons (Fsp3) is 0.250. The van der Waals surface area contributed by atoms with Crippen LogP contribution >= 0.6 is 0 Å². The molecule has 11 heavy (non-hydrogen) atoms. The van der Waals surface area contributed by atoms with Gasteiger partial charge in [0.1, 0.15) is 0 Å². The van der Waals surface area contributed by atoms with Crippen molar-refractivity contribution < 1.29 is 4.79 Å². The molecule has 0 aliphatic rings. The summed E-state index contributed by atoms with van der Waals surface area (Å²) in [6, 6.07) is 1.83. The molecule has 0 saturated heterocycles. The molecule has 0 heterocycles. The second-order valence-electron chi connectivity index (χ2n) is 2.04. The molecule has 2 N–H and O–H groups in total. The Kier molecular flexibility index (Phi) is 7.24. The topological polar surface area (TPSA) is 66.9 Å². The summed E-state index contributed by atoms with van der Waals surface area (Å²) in [6.07, 6.45) is 0. The van der Waals surface area contributed by atoms with Crippen LogP contribution in [0, 0.1) is 11.3 Å². The van der Waals surface area contributed by atoms with Gasteiger partial charge in [0.2, 0.25) is 5.91 Å². The van der Waals surface area contributed by atoms with Crippen LogP contribution in [-0.2, 0) is 4.79 Å². The molecule has 0 fully saturated rings. The predicted octanol–water partition coefficient (Wildman–Crippen LogP) is 1.13. The maximum Gasteiger partial charge on any atom is 0.243 e. The van der Waals surface area contributed by atoms with Crippen LogP contribution in [-0.4, -0.2) is 5.91 Å². The monoisotopic (exact) mass is 152 g/mol. The molecule has 0 aromatic heterocycles. The van der Waals surface area contributed by atoms with Crippen LogP contribution in [0.5, 0.6) is 0 Å². The van der Waals surface area contributed by atoms with Crippen molar-refractivity contribution in [3.05, 3.63) is 24.3 Å². The molecule has 3 heteroatoms. The number of nitrogens with zero attached hydrogens (tertiary/aromatic N) is 1. The highest BCUT2D eigenvalue weighted by Gasteiger charge is 1.86. The highest BCUT2D eigenvalue weighted by atomic mass is 16.1. The standard InChI is InChI=1S/C4H7NO.C4H5N/c1-3(2)4(5)6;1-4(2)3-5/h1H2,2H3,(H2,5,6);1H2,2H3. The van der Waals surface area contributed by atoms with Crippen molar-refractivity contribution in [1.29, 1.82) is 5.26 Å². The number of carbonyl (C=O) groups excluding carboxylic acids is 1. The first-order valence-electron chi connectivity index (χ1n) is 2.92. The summed E-state index contributed by atoms with van der Waals surface area (Å²) in [5.41, 5.74) is 5.66. The van der Waals surface area contributed by atoms with E-state index in [4.69, 9.17) is 11.0 Å². The highest BCUT2D eigenvalue weighted by molar-refractivity contribution is 5.90. The zero-order valence-electron chi connectivity index (χ0n) is 6.85.